The fourth-order valence-corrected chi connectivity index (χ4v) is 1.68. The Hall–Kier alpha value is -0.120. The molecule has 0 spiro atoms. The van der Waals surface area contributed by atoms with Gasteiger partial charge in [0.05, 0.1) is 13.2 Å². The molecule has 0 aromatic rings. The van der Waals surface area contributed by atoms with Crippen LogP contribution < -0.4 is 5.32 Å². The Morgan fingerprint density at radius 1 is 1.50 bits per heavy atom. The van der Waals surface area contributed by atoms with Crippen molar-refractivity contribution in [2.24, 2.45) is 5.92 Å². The van der Waals surface area contributed by atoms with Gasteiger partial charge in [-0.3, -0.25) is 0 Å². The SMILES string of the molecule is CC(C)CCN(C)CC1COCCN1. The number of hydrogen-bond donors (Lipinski definition) is 1. The molecule has 1 N–H and O–H groups in total. The molecule has 1 rings (SSSR count). The van der Waals surface area contributed by atoms with Crippen molar-refractivity contribution < 1.29 is 4.74 Å². The molecule has 1 fully saturated rings. The van der Waals surface area contributed by atoms with Crippen LogP contribution in [0.15, 0.2) is 0 Å². The van der Waals surface area contributed by atoms with Crippen LogP contribution in [0.5, 0.6) is 0 Å². The molecule has 84 valence electrons. The zero-order chi connectivity index (χ0) is 10.4. The zero-order valence-corrected chi connectivity index (χ0v) is 9.75. The van der Waals surface area contributed by atoms with Crippen molar-refractivity contribution in [1.82, 2.24) is 10.2 Å². The smallest absolute Gasteiger partial charge is 0.0632 e. The predicted octanol–water partition coefficient (Wildman–Crippen LogP) is 0.953. The minimum atomic E-state index is 0.529. The number of likely N-dealkylation sites (N-methyl/N-ethyl adjacent to an activating group) is 1. The Balaban J connectivity index is 2.09. The van der Waals surface area contributed by atoms with Gasteiger partial charge >= 0.3 is 0 Å². The molecule has 3 heteroatoms. The minimum absolute atomic E-state index is 0.529. The highest BCUT2D eigenvalue weighted by atomic mass is 16.5. The second kappa shape index (κ2) is 6.38. The quantitative estimate of drug-likeness (QED) is 0.715. The summed E-state index contributed by atoms with van der Waals surface area (Å²) in [6.45, 7) is 9.58. The first kappa shape index (κ1) is 12.0. The first-order chi connectivity index (χ1) is 6.68. The Morgan fingerprint density at radius 3 is 2.86 bits per heavy atom. The molecule has 0 aromatic carbocycles. The van der Waals surface area contributed by atoms with Crippen LogP contribution in [0.4, 0.5) is 0 Å². The van der Waals surface area contributed by atoms with Gasteiger partial charge in [-0.1, -0.05) is 13.8 Å². The second-order valence-electron chi connectivity index (χ2n) is 4.67. The van der Waals surface area contributed by atoms with Crippen LogP contribution in [0.25, 0.3) is 0 Å². The van der Waals surface area contributed by atoms with Crippen molar-refractivity contribution in [2.45, 2.75) is 26.3 Å². The highest BCUT2D eigenvalue weighted by molar-refractivity contribution is 4.73. The third-order valence-corrected chi connectivity index (χ3v) is 2.62. The molecule has 0 aliphatic carbocycles. The van der Waals surface area contributed by atoms with Gasteiger partial charge in [-0.25, -0.2) is 0 Å². The van der Waals surface area contributed by atoms with Crippen molar-refractivity contribution in [3.8, 4) is 0 Å². The monoisotopic (exact) mass is 200 g/mol. The van der Waals surface area contributed by atoms with E-state index < -0.39 is 0 Å². The van der Waals surface area contributed by atoms with Crippen LogP contribution in [-0.4, -0.2) is 50.8 Å². The number of morpholine rings is 1. The highest BCUT2D eigenvalue weighted by Crippen LogP contribution is 2.02. The van der Waals surface area contributed by atoms with Crippen LogP contribution in [0.2, 0.25) is 0 Å². The molecule has 0 saturated carbocycles. The Labute approximate surface area is 87.8 Å². The van der Waals surface area contributed by atoms with Crippen molar-refractivity contribution in [3.05, 3.63) is 0 Å². The molecule has 0 aromatic heterocycles. The van der Waals surface area contributed by atoms with E-state index in [0.717, 1.165) is 32.2 Å². The van der Waals surface area contributed by atoms with Gasteiger partial charge in [0.15, 0.2) is 0 Å². The molecule has 1 saturated heterocycles. The van der Waals surface area contributed by atoms with Crippen LogP contribution in [-0.2, 0) is 4.74 Å². The lowest BCUT2D eigenvalue weighted by molar-refractivity contribution is 0.0648. The Kier molecular flexibility index (Phi) is 5.45. The first-order valence-corrected chi connectivity index (χ1v) is 5.68. The lowest BCUT2D eigenvalue weighted by Crippen LogP contribution is -2.47. The molecule has 1 aliphatic rings. The molecule has 0 radical (unpaired) electrons. The maximum Gasteiger partial charge on any atom is 0.0632 e. The fourth-order valence-electron chi connectivity index (χ4n) is 1.68. The van der Waals surface area contributed by atoms with Crippen LogP contribution in [0.1, 0.15) is 20.3 Å². The summed E-state index contributed by atoms with van der Waals surface area (Å²) in [6, 6.07) is 0.529. The molecule has 1 heterocycles. The number of ether oxygens (including phenoxy) is 1. The Morgan fingerprint density at radius 2 is 2.29 bits per heavy atom. The molecular weight excluding hydrogens is 176 g/mol. The third-order valence-electron chi connectivity index (χ3n) is 2.62. The molecule has 1 atom stereocenters. The average molecular weight is 200 g/mol. The summed E-state index contributed by atoms with van der Waals surface area (Å²) < 4.78 is 5.42. The normalized spacial score (nSPS) is 23.4. The Bertz CT molecular complexity index is 144. The molecular formula is C11H24N2O. The lowest BCUT2D eigenvalue weighted by Gasteiger charge is -2.28. The maximum atomic E-state index is 5.42. The van der Waals surface area contributed by atoms with E-state index in [1.54, 1.807) is 0 Å². The van der Waals surface area contributed by atoms with E-state index in [1.807, 2.05) is 0 Å². The number of hydrogen-bond acceptors (Lipinski definition) is 3. The van der Waals surface area contributed by atoms with Crippen LogP contribution in [0.3, 0.4) is 0 Å². The molecule has 3 nitrogen and oxygen atoms in total. The van der Waals surface area contributed by atoms with E-state index in [0.29, 0.717) is 6.04 Å². The maximum absolute atomic E-state index is 5.42. The van der Waals surface area contributed by atoms with Gasteiger partial charge in [0.2, 0.25) is 0 Å². The van der Waals surface area contributed by atoms with Crippen LogP contribution >= 0.6 is 0 Å². The van der Waals surface area contributed by atoms with Crippen molar-refractivity contribution >= 4 is 0 Å². The summed E-state index contributed by atoms with van der Waals surface area (Å²) in [5.41, 5.74) is 0. The summed E-state index contributed by atoms with van der Waals surface area (Å²) in [6.07, 6.45) is 1.28. The van der Waals surface area contributed by atoms with E-state index in [-0.39, 0.29) is 0 Å². The minimum Gasteiger partial charge on any atom is -0.378 e. The van der Waals surface area contributed by atoms with Gasteiger partial charge in [0.1, 0.15) is 0 Å². The summed E-state index contributed by atoms with van der Waals surface area (Å²) >= 11 is 0. The van der Waals surface area contributed by atoms with Gasteiger partial charge < -0.3 is 15.0 Å². The average Bonchev–Trinajstić information content (AvgIpc) is 2.16. The van der Waals surface area contributed by atoms with Gasteiger partial charge in [-0.2, -0.15) is 0 Å². The molecule has 1 aliphatic heterocycles. The number of rotatable bonds is 5. The summed E-state index contributed by atoms with van der Waals surface area (Å²) in [5, 5.41) is 3.47. The molecule has 0 amide bonds. The van der Waals surface area contributed by atoms with Crippen LogP contribution in [0, 0.1) is 5.92 Å². The summed E-state index contributed by atoms with van der Waals surface area (Å²) in [7, 11) is 2.19. The summed E-state index contributed by atoms with van der Waals surface area (Å²) in [4.78, 5) is 2.40. The van der Waals surface area contributed by atoms with Gasteiger partial charge in [0, 0.05) is 19.1 Å². The molecule has 0 bridgehead atoms. The zero-order valence-electron chi connectivity index (χ0n) is 9.75. The topological polar surface area (TPSA) is 24.5 Å². The highest BCUT2D eigenvalue weighted by Gasteiger charge is 2.14. The van der Waals surface area contributed by atoms with Gasteiger partial charge in [0.25, 0.3) is 0 Å². The second-order valence-corrected chi connectivity index (χ2v) is 4.67. The van der Waals surface area contributed by atoms with E-state index in [1.165, 1.54) is 13.0 Å². The van der Waals surface area contributed by atoms with E-state index >= 15 is 0 Å². The van der Waals surface area contributed by atoms with Crippen molar-refractivity contribution in [3.63, 3.8) is 0 Å². The van der Waals surface area contributed by atoms with Crippen molar-refractivity contribution in [2.75, 3.05) is 39.9 Å². The predicted molar refractivity (Wildman–Crippen MR) is 59.6 cm³/mol. The molecule has 1 unspecified atom stereocenters. The number of nitrogens with zero attached hydrogens (tertiary/aromatic N) is 1. The largest absolute Gasteiger partial charge is 0.378 e. The van der Waals surface area contributed by atoms with Gasteiger partial charge in [-0.05, 0) is 25.9 Å². The standard InChI is InChI=1S/C11H24N2O/c1-10(2)4-6-13(3)8-11-9-14-7-5-12-11/h10-12H,4-9H2,1-3H3. The fraction of sp³-hybridized carbons (Fsp3) is 1.00. The molecule has 14 heavy (non-hydrogen) atoms. The van der Waals surface area contributed by atoms with Gasteiger partial charge in [-0.15, -0.1) is 0 Å². The lowest BCUT2D eigenvalue weighted by atomic mass is 10.1. The third kappa shape index (κ3) is 4.94. The van der Waals surface area contributed by atoms with E-state index in [2.05, 4.69) is 31.1 Å². The van der Waals surface area contributed by atoms with E-state index in [9.17, 15) is 0 Å². The summed E-state index contributed by atoms with van der Waals surface area (Å²) in [5.74, 6) is 0.799. The number of nitrogens with one attached hydrogen (secondary N) is 1. The van der Waals surface area contributed by atoms with Crippen molar-refractivity contribution in [1.29, 1.82) is 0 Å². The van der Waals surface area contributed by atoms with E-state index in [4.69, 9.17) is 4.74 Å². The first-order valence-electron chi connectivity index (χ1n) is 5.68.